The Balaban J connectivity index is 2.23. The average Bonchev–Trinajstić information content (AvgIpc) is 2.15. The second-order valence-electron chi connectivity index (χ2n) is 4.48. The highest BCUT2D eigenvalue weighted by atomic mass is 35.5. The number of hydrogen-bond donors (Lipinski definition) is 1. The summed E-state index contributed by atoms with van der Waals surface area (Å²) in [4.78, 5) is 5.73. The van der Waals surface area contributed by atoms with Gasteiger partial charge in [0.05, 0.1) is 10.6 Å². The van der Waals surface area contributed by atoms with Crippen LogP contribution in [0.25, 0.3) is 0 Å². The van der Waals surface area contributed by atoms with E-state index in [1.807, 2.05) is 0 Å². The molecule has 1 N–H and O–H groups in total. The van der Waals surface area contributed by atoms with Gasteiger partial charge in [0.1, 0.15) is 0 Å². The van der Waals surface area contributed by atoms with Crippen LogP contribution in [-0.4, -0.2) is 28.8 Å². The van der Waals surface area contributed by atoms with E-state index in [4.69, 9.17) is 11.6 Å². The summed E-state index contributed by atoms with van der Waals surface area (Å²) in [6.07, 6.45) is 2.98. The Kier molecular flexibility index (Phi) is 3.04. The first-order valence-electron chi connectivity index (χ1n) is 5.26. The standard InChI is InChI=1S/C11H14ClFN2O/c1-11(16)3-2-4-15(7-11)10-9(13)5-8(12)6-14-10/h5-6,16H,2-4,7H2,1H3. The molecule has 1 aliphatic rings. The first-order valence-corrected chi connectivity index (χ1v) is 5.64. The minimum Gasteiger partial charge on any atom is -0.388 e. The van der Waals surface area contributed by atoms with Gasteiger partial charge in [-0.2, -0.15) is 0 Å². The van der Waals surface area contributed by atoms with Gasteiger partial charge in [-0.15, -0.1) is 0 Å². The number of hydrogen-bond acceptors (Lipinski definition) is 3. The number of aliphatic hydroxyl groups is 1. The lowest BCUT2D eigenvalue weighted by Gasteiger charge is -2.37. The van der Waals surface area contributed by atoms with Crippen LogP contribution < -0.4 is 4.90 Å². The molecule has 5 heteroatoms. The van der Waals surface area contributed by atoms with Crippen LogP contribution >= 0.6 is 11.6 Å². The summed E-state index contributed by atoms with van der Waals surface area (Å²) in [5.74, 6) is -0.172. The highest BCUT2D eigenvalue weighted by molar-refractivity contribution is 6.30. The number of aromatic nitrogens is 1. The van der Waals surface area contributed by atoms with Crippen molar-refractivity contribution >= 4 is 17.4 Å². The maximum absolute atomic E-state index is 13.6. The van der Waals surface area contributed by atoms with Crippen LogP contribution in [0.5, 0.6) is 0 Å². The number of piperidine rings is 1. The molecule has 1 aromatic rings. The number of β-amino-alcohol motifs (C(OH)–C–C–N with tert-alkyl or cyclic N) is 1. The van der Waals surface area contributed by atoms with Crippen molar-refractivity contribution in [2.45, 2.75) is 25.4 Å². The normalized spacial score (nSPS) is 25.9. The van der Waals surface area contributed by atoms with Crippen LogP contribution in [0, 0.1) is 5.82 Å². The van der Waals surface area contributed by atoms with Crippen LogP contribution in [-0.2, 0) is 0 Å². The van der Waals surface area contributed by atoms with Crippen LogP contribution in [0.15, 0.2) is 12.3 Å². The Morgan fingerprint density at radius 2 is 2.38 bits per heavy atom. The summed E-state index contributed by atoms with van der Waals surface area (Å²) in [5, 5.41) is 10.2. The molecule has 2 heterocycles. The van der Waals surface area contributed by atoms with Gasteiger partial charge in [-0.1, -0.05) is 11.6 Å². The Morgan fingerprint density at radius 3 is 3.00 bits per heavy atom. The number of pyridine rings is 1. The Hall–Kier alpha value is -0.870. The van der Waals surface area contributed by atoms with Crippen LogP contribution in [0.1, 0.15) is 19.8 Å². The Morgan fingerprint density at radius 1 is 1.62 bits per heavy atom. The molecule has 1 atom stereocenters. The molecule has 1 unspecified atom stereocenters. The van der Waals surface area contributed by atoms with Crippen molar-refractivity contribution < 1.29 is 9.50 Å². The van der Waals surface area contributed by atoms with Gasteiger partial charge in [-0.3, -0.25) is 0 Å². The summed E-state index contributed by atoms with van der Waals surface area (Å²) >= 11 is 5.64. The molecule has 2 rings (SSSR count). The third-order valence-corrected chi connectivity index (χ3v) is 2.97. The smallest absolute Gasteiger partial charge is 0.167 e. The van der Waals surface area contributed by atoms with Gasteiger partial charge in [0.25, 0.3) is 0 Å². The fourth-order valence-corrected chi connectivity index (χ4v) is 2.19. The van der Waals surface area contributed by atoms with Gasteiger partial charge in [-0.05, 0) is 25.8 Å². The minimum absolute atomic E-state index is 0.268. The molecule has 1 fully saturated rings. The molecule has 0 amide bonds. The summed E-state index contributed by atoms with van der Waals surface area (Å²) in [6, 6.07) is 1.24. The molecule has 0 bridgehead atoms. The summed E-state index contributed by atoms with van der Waals surface area (Å²) < 4.78 is 13.6. The van der Waals surface area contributed by atoms with E-state index >= 15 is 0 Å². The van der Waals surface area contributed by atoms with E-state index in [0.717, 1.165) is 12.8 Å². The highest BCUT2D eigenvalue weighted by Gasteiger charge is 2.30. The van der Waals surface area contributed by atoms with Crippen molar-refractivity contribution in [3.8, 4) is 0 Å². The van der Waals surface area contributed by atoms with Crippen molar-refractivity contribution in [2.75, 3.05) is 18.0 Å². The molecule has 1 aromatic heterocycles. The summed E-state index contributed by atoms with van der Waals surface area (Å²) in [7, 11) is 0. The minimum atomic E-state index is -0.772. The van der Waals surface area contributed by atoms with E-state index in [2.05, 4.69) is 4.98 Å². The zero-order valence-corrected chi connectivity index (χ0v) is 9.84. The van der Waals surface area contributed by atoms with Crippen molar-refractivity contribution in [1.82, 2.24) is 4.98 Å². The quantitative estimate of drug-likeness (QED) is 0.823. The van der Waals surface area contributed by atoms with Gasteiger partial charge < -0.3 is 10.0 Å². The molecule has 88 valence electrons. The van der Waals surface area contributed by atoms with E-state index in [-0.39, 0.29) is 10.8 Å². The van der Waals surface area contributed by atoms with Crippen LogP contribution in [0.3, 0.4) is 0 Å². The monoisotopic (exact) mass is 244 g/mol. The van der Waals surface area contributed by atoms with E-state index in [1.165, 1.54) is 12.3 Å². The first-order chi connectivity index (χ1) is 7.48. The fraction of sp³-hybridized carbons (Fsp3) is 0.545. The fourth-order valence-electron chi connectivity index (χ4n) is 2.04. The topological polar surface area (TPSA) is 36.4 Å². The molecule has 0 saturated carbocycles. The average molecular weight is 245 g/mol. The largest absolute Gasteiger partial charge is 0.388 e. The Bertz CT molecular complexity index is 398. The van der Waals surface area contributed by atoms with E-state index in [1.54, 1.807) is 11.8 Å². The SMILES string of the molecule is CC1(O)CCCN(c2ncc(Cl)cc2F)C1. The van der Waals surface area contributed by atoms with Crippen LogP contribution in [0.4, 0.5) is 10.2 Å². The molecule has 16 heavy (non-hydrogen) atoms. The predicted octanol–water partition coefficient (Wildman–Crippen LogP) is 2.23. The summed E-state index contributed by atoms with van der Waals surface area (Å²) in [5.41, 5.74) is -0.772. The zero-order valence-electron chi connectivity index (χ0n) is 9.08. The van der Waals surface area contributed by atoms with Crippen molar-refractivity contribution in [3.05, 3.63) is 23.1 Å². The van der Waals surface area contributed by atoms with E-state index in [0.29, 0.717) is 13.1 Å². The van der Waals surface area contributed by atoms with Gasteiger partial charge >= 0.3 is 0 Å². The van der Waals surface area contributed by atoms with E-state index in [9.17, 15) is 9.50 Å². The zero-order chi connectivity index (χ0) is 11.8. The molecule has 1 saturated heterocycles. The number of halogens is 2. The lowest BCUT2D eigenvalue weighted by molar-refractivity contribution is 0.0445. The number of rotatable bonds is 1. The lowest BCUT2D eigenvalue weighted by atomic mass is 9.95. The highest BCUT2D eigenvalue weighted by Crippen LogP contribution is 2.26. The lowest BCUT2D eigenvalue weighted by Crippen LogP contribution is -2.46. The molecule has 1 aliphatic heterocycles. The molecule has 0 aliphatic carbocycles. The molecule has 0 aromatic carbocycles. The first kappa shape index (κ1) is 11.6. The van der Waals surface area contributed by atoms with Gasteiger partial charge in [-0.25, -0.2) is 9.37 Å². The maximum atomic E-state index is 13.6. The van der Waals surface area contributed by atoms with Gasteiger partial charge in [0.2, 0.25) is 0 Å². The summed E-state index contributed by atoms with van der Waals surface area (Å²) in [6.45, 7) is 2.87. The van der Waals surface area contributed by atoms with Crippen molar-refractivity contribution in [2.24, 2.45) is 0 Å². The molecule has 0 spiro atoms. The third-order valence-electron chi connectivity index (χ3n) is 2.76. The second-order valence-corrected chi connectivity index (χ2v) is 4.92. The van der Waals surface area contributed by atoms with Gasteiger partial charge in [0, 0.05) is 19.3 Å². The van der Waals surface area contributed by atoms with Crippen molar-refractivity contribution in [1.29, 1.82) is 0 Å². The third kappa shape index (κ3) is 2.44. The van der Waals surface area contributed by atoms with Crippen molar-refractivity contribution in [3.63, 3.8) is 0 Å². The Labute approximate surface area is 98.9 Å². The predicted molar refractivity (Wildman–Crippen MR) is 61.3 cm³/mol. The van der Waals surface area contributed by atoms with E-state index < -0.39 is 11.4 Å². The molecule has 0 radical (unpaired) electrons. The molecular weight excluding hydrogens is 231 g/mol. The number of anilines is 1. The maximum Gasteiger partial charge on any atom is 0.167 e. The second kappa shape index (κ2) is 4.18. The van der Waals surface area contributed by atoms with Gasteiger partial charge in [0.15, 0.2) is 11.6 Å². The number of nitrogens with zero attached hydrogens (tertiary/aromatic N) is 2. The molecular formula is C11H14ClFN2O. The van der Waals surface area contributed by atoms with Crippen LogP contribution in [0.2, 0.25) is 5.02 Å². The molecule has 3 nitrogen and oxygen atoms in total.